The summed E-state index contributed by atoms with van der Waals surface area (Å²) in [7, 11) is 1.85. The van der Waals surface area contributed by atoms with E-state index >= 15 is 0 Å². The first-order valence-corrected chi connectivity index (χ1v) is 4.02. The second-order valence-electron chi connectivity index (χ2n) is 3.30. The van der Waals surface area contributed by atoms with Crippen molar-refractivity contribution in [2.45, 2.75) is 12.3 Å². The van der Waals surface area contributed by atoms with Crippen LogP contribution in [0.3, 0.4) is 0 Å². The Hall–Kier alpha value is -1.56. The van der Waals surface area contributed by atoms with Crippen LogP contribution in [0.5, 0.6) is 0 Å². The third-order valence-electron chi connectivity index (χ3n) is 2.48. The molecule has 6 nitrogen and oxygen atoms in total. The maximum Gasteiger partial charge on any atom is 0.200 e. The van der Waals surface area contributed by atoms with Gasteiger partial charge in [0.1, 0.15) is 11.7 Å². The minimum Gasteiger partial charge on any atom is -0.371 e. The van der Waals surface area contributed by atoms with E-state index in [1.165, 1.54) is 0 Å². The van der Waals surface area contributed by atoms with Gasteiger partial charge in [0.05, 0.1) is 6.33 Å². The standard InChI is InChI=1S/C7H9N5O/c1-11-2-9-3-4-6(13)12(4)7(8)10-5(3)11/h2,4,6,13H,1H3,(H2,8,10)/t4?,6-,12?/m1/s1. The Morgan fingerprint density at radius 1 is 1.62 bits per heavy atom. The molecule has 1 unspecified atom stereocenters. The van der Waals surface area contributed by atoms with Crippen LogP contribution in [-0.2, 0) is 7.05 Å². The zero-order valence-electron chi connectivity index (χ0n) is 7.05. The van der Waals surface area contributed by atoms with Gasteiger partial charge in [-0.1, -0.05) is 0 Å². The molecule has 3 heterocycles. The second-order valence-corrected chi connectivity index (χ2v) is 3.30. The monoisotopic (exact) mass is 179 g/mol. The fourth-order valence-electron chi connectivity index (χ4n) is 1.72. The van der Waals surface area contributed by atoms with E-state index in [1.807, 2.05) is 7.05 Å². The minimum atomic E-state index is -0.542. The SMILES string of the molecule is Cn1cnc2c1N=C(N)N1C2[C@H]1O. The number of aromatic nitrogens is 2. The predicted molar refractivity (Wildman–Crippen MR) is 45.1 cm³/mol. The topological polar surface area (TPSA) is 79.4 Å². The van der Waals surface area contributed by atoms with Crippen molar-refractivity contribution in [2.24, 2.45) is 17.8 Å². The first-order valence-electron chi connectivity index (χ1n) is 4.02. The quantitative estimate of drug-likeness (QED) is 0.503. The van der Waals surface area contributed by atoms with Crippen molar-refractivity contribution in [1.29, 1.82) is 0 Å². The van der Waals surface area contributed by atoms with Gasteiger partial charge in [-0.15, -0.1) is 0 Å². The Balaban J connectivity index is 2.21. The first-order chi connectivity index (χ1) is 6.20. The van der Waals surface area contributed by atoms with Crippen molar-refractivity contribution < 1.29 is 5.11 Å². The van der Waals surface area contributed by atoms with E-state index in [0.29, 0.717) is 5.96 Å². The molecule has 68 valence electrons. The summed E-state index contributed by atoms with van der Waals surface area (Å²) in [6.45, 7) is 0. The largest absolute Gasteiger partial charge is 0.371 e. The van der Waals surface area contributed by atoms with E-state index in [1.54, 1.807) is 15.8 Å². The number of hydrogen-bond acceptors (Lipinski definition) is 5. The summed E-state index contributed by atoms with van der Waals surface area (Å²) in [5, 5.41) is 9.47. The van der Waals surface area contributed by atoms with Crippen LogP contribution in [0.2, 0.25) is 0 Å². The molecule has 1 aromatic rings. The number of nitrogens with zero attached hydrogens (tertiary/aromatic N) is 4. The van der Waals surface area contributed by atoms with Gasteiger partial charge in [-0.2, -0.15) is 4.99 Å². The van der Waals surface area contributed by atoms with Gasteiger partial charge in [0.2, 0.25) is 5.96 Å². The molecule has 2 aliphatic rings. The van der Waals surface area contributed by atoms with Crippen molar-refractivity contribution in [1.82, 2.24) is 14.5 Å². The Kier molecular flexibility index (Phi) is 0.981. The predicted octanol–water partition coefficient (Wildman–Crippen LogP) is -0.945. The van der Waals surface area contributed by atoms with E-state index in [4.69, 9.17) is 5.73 Å². The van der Waals surface area contributed by atoms with Gasteiger partial charge in [0, 0.05) is 7.05 Å². The molecule has 2 atom stereocenters. The van der Waals surface area contributed by atoms with Crippen LogP contribution < -0.4 is 5.73 Å². The fraction of sp³-hybridized carbons (Fsp3) is 0.429. The van der Waals surface area contributed by atoms with Crippen molar-refractivity contribution in [3.63, 3.8) is 0 Å². The molecule has 0 aliphatic carbocycles. The highest BCUT2D eigenvalue weighted by Crippen LogP contribution is 2.46. The lowest BCUT2D eigenvalue weighted by molar-refractivity contribution is 0.237. The number of nitrogens with two attached hydrogens (primary N) is 1. The summed E-state index contributed by atoms with van der Waals surface area (Å²) in [5.74, 6) is 1.11. The van der Waals surface area contributed by atoms with Crippen LogP contribution in [0, 0.1) is 0 Å². The van der Waals surface area contributed by atoms with Crippen molar-refractivity contribution in [2.75, 3.05) is 0 Å². The Morgan fingerprint density at radius 2 is 2.38 bits per heavy atom. The van der Waals surface area contributed by atoms with Gasteiger partial charge in [0.25, 0.3) is 0 Å². The van der Waals surface area contributed by atoms with Crippen LogP contribution in [0.4, 0.5) is 5.82 Å². The molecule has 0 aromatic carbocycles. The third kappa shape index (κ3) is 0.665. The van der Waals surface area contributed by atoms with Gasteiger partial charge in [0.15, 0.2) is 12.0 Å². The molecule has 0 spiro atoms. The number of guanidine groups is 1. The molecule has 1 saturated heterocycles. The molecular formula is C7H9N5O. The highest BCUT2D eigenvalue weighted by Gasteiger charge is 2.54. The summed E-state index contributed by atoms with van der Waals surface area (Å²) in [6, 6.07) is -0.0753. The molecule has 0 radical (unpaired) electrons. The zero-order valence-corrected chi connectivity index (χ0v) is 7.05. The van der Waals surface area contributed by atoms with Gasteiger partial charge in [-0.25, -0.2) is 4.98 Å². The van der Waals surface area contributed by atoms with Crippen molar-refractivity contribution >= 4 is 11.8 Å². The molecule has 0 bridgehead atoms. The zero-order chi connectivity index (χ0) is 9.16. The number of imidazole rings is 1. The lowest BCUT2D eigenvalue weighted by atomic mass is 10.3. The molecule has 1 fully saturated rings. The molecule has 0 saturated carbocycles. The number of aliphatic hydroxyl groups excluding tert-OH is 1. The smallest absolute Gasteiger partial charge is 0.200 e. The maximum absolute atomic E-state index is 9.47. The lowest BCUT2D eigenvalue weighted by Crippen LogP contribution is -2.25. The normalized spacial score (nSPS) is 29.4. The van der Waals surface area contributed by atoms with Crippen LogP contribution in [0.25, 0.3) is 0 Å². The van der Waals surface area contributed by atoms with Crippen LogP contribution in [0.15, 0.2) is 11.3 Å². The average Bonchev–Trinajstić information content (AvgIpc) is 2.63. The molecule has 0 amide bonds. The van der Waals surface area contributed by atoms with Crippen molar-refractivity contribution in [3.05, 3.63) is 12.0 Å². The van der Waals surface area contributed by atoms with Crippen LogP contribution in [0.1, 0.15) is 11.7 Å². The number of aryl methyl sites for hydroxylation is 1. The van der Waals surface area contributed by atoms with E-state index in [-0.39, 0.29) is 6.04 Å². The Bertz CT molecular complexity index is 409. The molecule has 1 aromatic heterocycles. The van der Waals surface area contributed by atoms with E-state index < -0.39 is 6.23 Å². The lowest BCUT2D eigenvalue weighted by Gasteiger charge is -2.09. The Labute approximate surface area is 74.3 Å². The molecule has 13 heavy (non-hydrogen) atoms. The van der Waals surface area contributed by atoms with E-state index in [9.17, 15) is 5.11 Å². The first kappa shape index (κ1) is 6.90. The molecule has 3 N–H and O–H groups in total. The van der Waals surface area contributed by atoms with Gasteiger partial charge >= 0.3 is 0 Å². The second kappa shape index (κ2) is 1.85. The summed E-state index contributed by atoms with van der Waals surface area (Å²) in [4.78, 5) is 9.94. The summed E-state index contributed by atoms with van der Waals surface area (Å²) < 4.78 is 1.80. The number of aliphatic imine (C=N–C) groups is 1. The number of aliphatic hydroxyl groups is 1. The highest BCUT2D eigenvalue weighted by atomic mass is 16.3. The fourth-order valence-corrected chi connectivity index (χ4v) is 1.72. The molecule has 6 heteroatoms. The van der Waals surface area contributed by atoms with Crippen molar-refractivity contribution in [3.8, 4) is 0 Å². The molecule has 3 rings (SSSR count). The van der Waals surface area contributed by atoms with Crippen LogP contribution >= 0.6 is 0 Å². The van der Waals surface area contributed by atoms with E-state index in [0.717, 1.165) is 11.5 Å². The van der Waals surface area contributed by atoms with Gasteiger partial charge in [-0.05, 0) is 0 Å². The number of fused-ring (bicyclic) bond motifs is 3. The Morgan fingerprint density at radius 3 is 3.15 bits per heavy atom. The average molecular weight is 179 g/mol. The van der Waals surface area contributed by atoms with Gasteiger partial charge in [-0.3, -0.25) is 0 Å². The molecular weight excluding hydrogens is 170 g/mol. The minimum absolute atomic E-state index is 0.0753. The molecule has 2 aliphatic heterocycles. The maximum atomic E-state index is 9.47. The summed E-state index contributed by atoms with van der Waals surface area (Å²) >= 11 is 0. The highest BCUT2D eigenvalue weighted by molar-refractivity contribution is 5.86. The number of hydrogen-bond donors (Lipinski definition) is 2. The summed E-state index contributed by atoms with van der Waals surface area (Å²) in [5.41, 5.74) is 6.44. The number of rotatable bonds is 0. The van der Waals surface area contributed by atoms with Gasteiger partial charge < -0.3 is 20.3 Å². The van der Waals surface area contributed by atoms with Crippen LogP contribution in [-0.4, -0.2) is 31.7 Å². The summed E-state index contributed by atoms with van der Waals surface area (Å²) in [6.07, 6.45) is 1.13. The van der Waals surface area contributed by atoms with E-state index in [2.05, 4.69) is 9.98 Å². The third-order valence-corrected chi connectivity index (χ3v) is 2.48.